The van der Waals surface area contributed by atoms with Crippen LogP contribution in [0, 0.1) is 0 Å². The summed E-state index contributed by atoms with van der Waals surface area (Å²) in [6.45, 7) is 0.103. The summed E-state index contributed by atoms with van der Waals surface area (Å²) in [4.78, 5) is 12.7. The van der Waals surface area contributed by atoms with Gasteiger partial charge in [-0.05, 0) is 66.9 Å². The fraction of sp³-hybridized carbons (Fsp3) is 0.208. The van der Waals surface area contributed by atoms with Gasteiger partial charge in [-0.1, -0.05) is 41.9 Å². The number of benzene rings is 3. The number of hydrogen-bond acceptors (Lipinski definition) is 4. The first-order chi connectivity index (χ1) is 15.4. The average Bonchev–Trinajstić information content (AvgIpc) is 2.82. The van der Waals surface area contributed by atoms with E-state index >= 15 is 0 Å². The number of anilines is 1. The number of nitrogens with one attached hydrogen (secondary N) is 1. The van der Waals surface area contributed by atoms with E-state index in [-0.39, 0.29) is 17.3 Å². The molecule has 0 aromatic heterocycles. The summed E-state index contributed by atoms with van der Waals surface area (Å²) in [6.07, 6.45) is 1.51. The summed E-state index contributed by atoms with van der Waals surface area (Å²) in [5.74, 6) is 0.415. The Morgan fingerprint density at radius 3 is 2.25 bits per heavy atom. The van der Waals surface area contributed by atoms with Crippen molar-refractivity contribution in [3.63, 3.8) is 0 Å². The second kappa shape index (κ2) is 11.0. The van der Waals surface area contributed by atoms with E-state index < -0.39 is 10.0 Å². The number of ether oxygens (including phenoxy) is 1. The summed E-state index contributed by atoms with van der Waals surface area (Å²) in [7, 11) is -2.30. The highest BCUT2D eigenvalue weighted by molar-refractivity contribution is 7.92. The minimum absolute atomic E-state index is 0.113. The maximum Gasteiger partial charge on any atom is 0.264 e. The molecule has 1 amide bonds. The third-order valence-electron chi connectivity index (χ3n) is 4.86. The molecule has 8 heteroatoms. The van der Waals surface area contributed by atoms with Crippen molar-refractivity contribution in [2.75, 3.05) is 24.5 Å². The largest absolute Gasteiger partial charge is 0.497 e. The monoisotopic (exact) mass is 472 g/mol. The number of hydrogen-bond donors (Lipinski definition) is 1. The van der Waals surface area contributed by atoms with Crippen molar-refractivity contribution in [1.29, 1.82) is 0 Å². The second-order valence-electron chi connectivity index (χ2n) is 7.10. The molecule has 0 saturated carbocycles. The lowest BCUT2D eigenvalue weighted by Crippen LogP contribution is -2.41. The number of sulfonamides is 1. The van der Waals surface area contributed by atoms with E-state index in [2.05, 4.69) is 5.32 Å². The lowest BCUT2D eigenvalue weighted by Gasteiger charge is -2.24. The molecule has 3 aromatic carbocycles. The van der Waals surface area contributed by atoms with Crippen molar-refractivity contribution in [2.45, 2.75) is 17.7 Å². The van der Waals surface area contributed by atoms with Gasteiger partial charge in [0, 0.05) is 11.6 Å². The van der Waals surface area contributed by atoms with Gasteiger partial charge in [0.2, 0.25) is 5.91 Å². The Kier molecular flexibility index (Phi) is 8.14. The first kappa shape index (κ1) is 23.6. The molecule has 0 bridgehead atoms. The van der Waals surface area contributed by atoms with Crippen molar-refractivity contribution < 1.29 is 17.9 Å². The molecule has 0 aliphatic carbocycles. The van der Waals surface area contributed by atoms with E-state index in [1.54, 1.807) is 49.6 Å². The predicted molar refractivity (Wildman–Crippen MR) is 127 cm³/mol. The summed E-state index contributed by atoms with van der Waals surface area (Å²) in [5.41, 5.74) is 1.50. The number of rotatable bonds is 10. The van der Waals surface area contributed by atoms with Crippen LogP contribution in [-0.4, -0.2) is 34.5 Å². The Balaban J connectivity index is 1.65. The second-order valence-corrected chi connectivity index (χ2v) is 9.40. The van der Waals surface area contributed by atoms with Crippen molar-refractivity contribution in [3.8, 4) is 5.75 Å². The highest BCUT2D eigenvalue weighted by Gasteiger charge is 2.26. The zero-order valence-electron chi connectivity index (χ0n) is 17.7. The van der Waals surface area contributed by atoms with E-state index in [1.165, 1.54) is 12.1 Å². The minimum atomic E-state index is -3.92. The molecule has 6 nitrogen and oxygen atoms in total. The topological polar surface area (TPSA) is 75.7 Å². The van der Waals surface area contributed by atoms with Crippen LogP contribution >= 0.6 is 11.6 Å². The smallest absolute Gasteiger partial charge is 0.264 e. The highest BCUT2D eigenvalue weighted by Crippen LogP contribution is 2.25. The molecule has 32 heavy (non-hydrogen) atoms. The molecule has 0 atom stereocenters. The Hall–Kier alpha value is -3.03. The number of halogens is 1. The molecule has 0 spiro atoms. The van der Waals surface area contributed by atoms with Crippen LogP contribution in [0.1, 0.15) is 12.0 Å². The van der Waals surface area contributed by atoms with Gasteiger partial charge in [-0.2, -0.15) is 0 Å². The number of aryl methyl sites for hydroxylation is 1. The molecule has 168 valence electrons. The van der Waals surface area contributed by atoms with E-state index in [0.29, 0.717) is 17.3 Å². The first-order valence-electron chi connectivity index (χ1n) is 10.1. The lowest BCUT2D eigenvalue weighted by atomic mass is 10.1. The van der Waals surface area contributed by atoms with Crippen LogP contribution in [0.3, 0.4) is 0 Å². The van der Waals surface area contributed by atoms with Gasteiger partial charge in [0.15, 0.2) is 0 Å². The fourth-order valence-electron chi connectivity index (χ4n) is 3.14. The van der Waals surface area contributed by atoms with Crippen LogP contribution in [0.15, 0.2) is 83.8 Å². The molecule has 0 radical (unpaired) electrons. The van der Waals surface area contributed by atoms with Crippen LogP contribution in [0.25, 0.3) is 0 Å². The van der Waals surface area contributed by atoms with Crippen LogP contribution < -0.4 is 14.4 Å². The van der Waals surface area contributed by atoms with Crippen molar-refractivity contribution in [2.24, 2.45) is 0 Å². The Bertz CT molecular complexity index is 1120. The van der Waals surface area contributed by atoms with Gasteiger partial charge in [-0.3, -0.25) is 9.10 Å². The zero-order valence-corrected chi connectivity index (χ0v) is 19.3. The molecular weight excluding hydrogens is 448 g/mol. The van der Waals surface area contributed by atoms with E-state index in [4.69, 9.17) is 16.3 Å². The molecule has 0 unspecified atom stereocenters. The molecule has 3 aromatic rings. The Morgan fingerprint density at radius 2 is 1.62 bits per heavy atom. The van der Waals surface area contributed by atoms with Crippen LogP contribution in [-0.2, 0) is 21.2 Å². The fourth-order valence-corrected chi connectivity index (χ4v) is 4.71. The normalized spacial score (nSPS) is 11.1. The van der Waals surface area contributed by atoms with E-state index in [9.17, 15) is 13.2 Å². The standard InChI is InChI=1S/C24H25ClN2O4S/c1-31-22-15-9-19(10-16-22)6-5-17-26-24(28)18-27(21-13-11-20(25)12-14-21)32(29,30)23-7-3-2-4-8-23/h2-4,7-16H,5-6,17-18H2,1H3,(H,26,28). The SMILES string of the molecule is COc1ccc(CCCNC(=O)CN(c2ccc(Cl)cc2)S(=O)(=O)c2ccccc2)cc1. The number of methoxy groups -OCH3 is 1. The maximum atomic E-state index is 13.2. The minimum Gasteiger partial charge on any atom is -0.497 e. The van der Waals surface area contributed by atoms with Crippen molar-refractivity contribution in [3.05, 3.63) is 89.4 Å². The third-order valence-corrected chi connectivity index (χ3v) is 6.90. The molecule has 0 aliphatic heterocycles. The van der Waals surface area contributed by atoms with Gasteiger partial charge in [0.1, 0.15) is 12.3 Å². The Morgan fingerprint density at radius 1 is 0.969 bits per heavy atom. The molecule has 3 rings (SSSR count). The highest BCUT2D eigenvalue weighted by atomic mass is 35.5. The number of amides is 1. The van der Waals surface area contributed by atoms with E-state index in [0.717, 1.165) is 28.5 Å². The van der Waals surface area contributed by atoms with Gasteiger partial charge < -0.3 is 10.1 Å². The Labute approximate surface area is 193 Å². The quantitative estimate of drug-likeness (QED) is 0.446. The number of carbonyl (C=O) groups excluding carboxylic acids is 1. The van der Waals surface area contributed by atoms with Crippen LogP contribution in [0.5, 0.6) is 5.75 Å². The van der Waals surface area contributed by atoms with Gasteiger partial charge >= 0.3 is 0 Å². The van der Waals surface area contributed by atoms with Gasteiger partial charge in [-0.25, -0.2) is 8.42 Å². The van der Waals surface area contributed by atoms with Crippen LogP contribution in [0.4, 0.5) is 5.69 Å². The summed E-state index contributed by atoms with van der Waals surface area (Å²) < 4.78 is 32.7. The average molecular weight is 473 g/mol. The van der Waals surface area contributed by atoms with Gasteiger partial charge in [-0.15, -0.1) is 0 Å². The van der Waals surface area contributed by atoms with Crippen LogP contribution in [0.2, 0.25) is 5.02 Å². The number of carbonyl (C=O) groups is 1. The summed E-state index contributed by atoms with van der Waals surface area (Å²) in [6, 6.07) is 22.1. The van der Waals surface area contributed by atoms with E-state index in [1.807, 2.05) is 24.3 Å². The molecule has 0 fully saturated rings. The third kappa shape index (κ3) is 6.24. The first-order valence-corrected chi connectivity index (χ1v) is 11.9. The molecular formula is C24H25ClN2O4S. The van der Waals surface area contributed by atoms with Crippen molar-refractivity contribution in [1.82, 2.24) is 5.32 Å². The summed E-state index contributed by atoms with van der Waals surface area (Å²) >= 11 is 5.95. The van der Waals surface area contributed by atoms with Crippen molar-refractivity contribution >= 4 is 33.2 Å². The molecule has 1 N–H and O–H groups in total. The molecule has 0 saturated heterocycles. The predicted octanol–water partition coefficient (Wildman–Crippen LogP) is 4.29. The van der Waals surface area contributed by atoms with Gasteiger partial charge in [0.25, 0.3) is 10.0 Å². The lowest BCUT2D eigenvalue weighted by molar-refractivity contribution is -0.119. The molecule has 0 heterocycles. The molecule has 0 aliphatic rings. The van der Waals surface area contributed by atoms with Gasteiger partial charge in [0.05, 0.1) is 17.7 Å². The maximum absolute atomic E-state index is 13.2. The number of nitrogens with zero attached hydrogens (tertiary/aromatic N) is 1. The zero-order chi connectivity index (χ0) is 23.0. The summed E-state index contributed by atoms with van der Waals surface area (Å²) in [5, 5.41) is 3.30.